The molecule has 1 aromatic heterocycles. The number of amides is 1. The Labute approximate surface area is 124 Å². The maximum Gasteiger partial charge on any atom is 0.223 e. The van der Waals surface area contributed by atoms with Crippen LogP contribution in [0.15, 0.2) is 0 Å². The lowest BCUT2D eigenvalue weighted by molar-refractivity contribution is -0.123. The van der Waals surface area contributed by atoms with Gasteiger partial charge in [-0.3, -0.25) is 9.69 Å². The van der Waals surface area contributed by atoms with Crippen molar-refractivity contribution in [1.29, 1.82) is 0 Å². The SMILES string of the molecule is Cc1nc(C)c(CN2CCCC(NC(=O)C3CC3)C2)s1. The van der Waals surface area contributed by atoms with E-state index >= 15 is 0 Å². The Kier molecular flexibility index (Phi) is 4.08. The minimum atomic E-state index is 0.279. The molecule has 2 heterocycles. The molecule has 0 spiro atoms. The first kappa shape index (κ1) is 14.0. The second kappa shape index (κ2) is 5.82. The fourth-order valence-corrected chi connectivity index (χ4v) is 3.88. The summed E-state index contributed by atoms with van der Waals surface area (Å²) in [5.41, 5.74) is 1.16. The lowest BCUT2D eigenvalue weighted by Gasteiger charge is -2.33. The van der Waals surface area contributed by atoms with Gasteiger partial charge in [-0.1, -0.05) is 0 Å². The zero-order chi connectivity index (χ0) is 14.1. The third kappa shape index (κ3) is 3.38. The molecular formula is C15H23N3OS. The summed E-state index contributed by atoms with van der Waals surface area (Å²) in [7, 11) is 0. The van der Waals surface area contributed by atoms with E-state index in [1.165, 1.54) is 11.3 Å². The smallest absolute Gasteiger partial charge is 0.223 e. The molecule has 110 valence electrons. The van der Waals surface area contributed by atoms with Crippen LogP contribution >= 0.6 is 11.3 Å². The first-order chi connectivity index (χ1) is 9.61. The molecule has 0 bridgehead atoms. The molecule has 3 rings (SSSR count). The summed E-state index contributed by atoms with van der Waals surface area (Å²) in [4.78, 5) is 20.2. The molecule has 20 heavy (non-hydrogen) atoms. The van der Waals surface area contributed by atoms with Gasteiger partial charge in [-0.25, -0.2) is 4.98 Å². The van der Waals surface area contributed by atoms with Gasteiger partial charge in [0, 0.05) is 29.9 Å². The van der Waals surface area contributed by atoms with E-state index in [4.69, 9.17) is 0 Å². The largest absolute Gasteiger partial charge is 0.352 e. The van der Waals surface area contributed by atoms with Crippen molar-refractivity contribution in [2.45, 2.75) is 52.1 Å². The topological polar surface area (TPSA) is 45.2 Å². The highest BCUT2D eigenvalue weighted by Gasteiger charge is 2.32. The molecule has 1 aromatic rings. The van der Waals surface area contributed by atoms with Crippen molar-refractivity contribution in [2.75, 3.05) is 13.1 Å². The lowest BCUT2D eigenvalue weighted by Crippen LogP contribution is -2.47. The number of carbonyl (C=O) groups excluding carboxylic acids is 1. The molecule has 1 saturated heterocycles. The minimum Gasteiger partial charge on any atom is -0.352 e. The second-order valence-corrected chi connectivity index (χ2v) is 7.39. The normalized spacial score (nSPS) is 23.8. The van der Waals surface area contributed by atoms with Crippen molar-refractivity contribution in [3.63, 3.8) is 0 Å². The first-order valence-electron chi connectivity index (χ1n) is 7.57. The number of nitrogens with zero attached hydrogens (tertiary/aromatic N) is 2. The van der Waals surface area contributed by atoms with Gasteiger partial charge in [-0.05, 0) is 46.1 Å². The van der Waals surface area contributed by atoms with Crippen molar-refractivity contribution < 1.29 is 4.79 Å². The number of rotatable bonds is 4. The van der Waals surface area contributed by atoms with Crippen molar-refractivity contribution >= 4 is 17.2 Å². The molecule has 1 aliphatic carbocycles. The van der Waals surface area contributed by atoms with E-state index in [-0.39, 0.29) is 5.91 Å². The highest BCUT2D eigenvalue weighted by Crippen LogP contribution is 2.29. The number of hydrogen-bond donors (Lipinski definition) is 1. The summed E-state index contributed by atoms with van der Waals surface area (Å²) < 4.78 is 0. The van der Waals surface area contributed by atoms with Crippen LogP contribution in [0.2, 0.25) is 0 Å². The van der Waals surface area contributed by atoms with Crippen LogP contribution in [0.4, 0.5) is 0 Å². The monoisotopic (exact) mass is 293 g/mol. The van der Waals surface area contributed by atoms with E-state index in [9.17, 15) is 4.79 Å². The van der Waals surface area contributed by atoms with Crippen LogP contribution in [0.5, 0.6) is 0 Å². The van der Waals surface area contributed by atoms with Crippen molar-refractivity contribution in [2.24, 2.45) is 5.92 Å². The fraction of sp³-hybridized carbons (Fsp3) is 0.733. The summed E-state index contributed by atoms with van der Waals surface area (Å²) in [5.74, 6) is 0.596. The van der Waals surface area contributed by atoms with Gasteiger partial charge in [0.05, 0.1) is 10.7 Å². The van der Waals surface area contributed by atoms with Gasteiger partial charge < -0.3 is 5.32 Å². The van der Waals surface area contributed by atoms with Gasteiger partial charge in [0.2, 0.25) is 5.91 Å². The molecule has 0 radical (unpaired) electrons. The Morgan fingerprint density at radius 2 is 2.20 bits per heavy atom. The Bertz CT molecular complexity index is 495. The molecule has 1 amide bonds. The van der Waals surface area contributed by atoms with E-state index in [2.05, 4.69) is 29.0 Å². The van der Waals surface area contributed by atoms with E-state index in [1.54, 1.807) is 11.3 Å². The molecule has 1 N–H and O–H groups in total. The molecular weight excluding hydrogens is 270 g/mol. The van der Waals surface area contributed by atoms with Crippen molar-refractivity contribution in [1.82, 2.24) is 15.2 Å². The van der Waals surface area contributed by atoms with Crippen LogP contribution in [-0.4, -0.2) is 34.9 Å². The molecule has 4 nitrogen and oxygen atoms in total. The van der Waals surface area contributed by atoms with Gasteiger partial charge in [-0.2, -0.15) is 0 Å². The Hall–Kier alpha value is -0.940. The molecule has 1 saturated carbocycles. The Balaban J connectivity index is 1.54. The molecule has 2 aliphatic rings. The molecule has 0 aromatic carbocycles. The van der Waals surface area contributed by atoms with Crippen LogP contribution in [0.1, 0.15) is 41.3 Å². The Morgan fingerprint density at radius 3 is 2.85 bits per heavy atom. The predicted octanol–water partition coefficient (Wildman–Crippen LogP) is 2.25. The van der Waals surface area contributed by atoms with Crippen molar-refractivity contribution in [3.8, 4) is 0 Å². The first-order valence-corrected chi connectivity index (χ1v) is 8.39. The zero-order valence-corrected chi connectivity index (χ0v) is 13.1. The minimum absolute atomic E-state index is 0.279. The number of thiazole rings is 1. The lowest BCUT2D eigenvalue weighted by atomic mass is 10.1. The number of aromatic nitrogens is 1. The zero-order valence-electron chi connectivity index (χ0n) is 12.3. The third-order valence-corrected chi connectivity index (χ3v) is 5.22. The number of hydrogen-bond acceptors (Lipinski definition) is 4. The maximum absolute atomic E-state index is 11.9. The highest BCUT2D eigenvalue weighted by molar-refractivity contribution is 7.11. The maximum atomic E-state index is 11.9. The van der Waals surface area contributed by atoms with Crippen LogP contribution in [-0.2, 0) is 11.3 Å². The highest BCUT2D eigenvalue weighted by atomic mass is 32.1. The summed E-state index contributed by atoms with van der Waals surface area (Å²) in [6.07, 6.45) is 4.46. The quantitative estimate of drug-likeness (QED) is 0.926. The molecule has 1 aliphatic heterocycles. The van der Waals surface area contributed by atoms with E-state index in [1.807, 2.05) is 0 Å². The van der Waals surface area contributed by atoms with Gasteiger partial charge in [-0.15, -0.1) is 11.3 Å². The second-order valence-electron chi connectivity index (χ2n) is 6.10. The van der Waals surface area contributed by atoms with Crippen LogP contribution in [0.25, 0.3) is 0 Å². The third-order valence-electron chi connectivity index (χ3n) is 4.17. The number of aryl methyl sites for hydroxylation is 2. The molecule has 1 unspecified atom stereocenters. The number of piperidine rings is 1. The van der Waals surface area contributed by atoms with Gasteiger partial charge in [0.1, 0.15) is 0 Å². The summed E-state index contributed by atoms with van der Waals surface area (Å²) in [5, 5.41) is 4.37. The number of carbonyl (C=O) groups is 1. The standard InChI is InChI=1S/C15H23N3OS/c1-10-14(20-11(2)16-10)9-18-7-3-4-13(8-18)17-15(19)12-5-6-12/h12-13H,3-9H2,1-2H3,(H,17,19). The van der Waals surface area contributed by atoms with Gasteiger partial charge >= 0.3 is 0 Å². The van der Waals surface area contributed by atoms with Crippen molar-refractivity contribution in [3.05, 3.63) is 15.6 Å². The fourth-order valence-electron chi connectivity index (χ4n) is 2.90. The van der Waals surface area contributed by atoms with Gasteiger partial charge in [0.15, 0.2) is 0 Å². The van der Waals surface area contributed by atoms with Crippen LogP contribution in [0, 0.1) is 19.8 Å². The van der Waals surface area contributed by atoms with Crippen LogP contribution in [0.3, 0.4) is 0 Å². The number of nitrogens with one attached hydrogen (secondary N) is 1. The van der Waals surface area contributed by atoms with Gasteiger partial charge in [0.25, 0.3) is 0 Å². The molecule has 2 fully saturated rings. The predicted molar refractivity (Wildman–Crippen MR) is 80.8 cm³/mol. The van der Waals surface area contributed by atoms with E-state index in [0.29, 0.717) is 12.0 Å². The van der Waals surface area contributed by atoms with Crippen LogP contribution < -0.4 is 5.32 Å². The summed E-state index contributed by atoms with van der Waals surface area (Å²) in [6.45, 7) is 7.25. The molecule has 1 atom stereocenters. The Morgan fingerprint density at radius 1 is 1.40 bits per heavy atom. The average Bonchev–Trinajstić information content (AvgIpc) is 3.18. The number of likely N-dealkylation sites (tertiary alicyclic amines) is 1. The molecule has 5 heteroatoms. The van der Waals surface area contributed by atoms with E-state index in [0.717, 1.165) is 49.6 Å². The van der Waals surface area contributed by atoms with E-state index < -0.39 is 0 Å². The summed E-state index contributed by atoms with van der Waals surface area (Å²) in [6, 6.07) is 0.339. The average molecular weight is 293 g/mol. The summed E-state index contributed by atoms with van der Waals surface area (Å²) >= 11 is 1.80.